The number of carbonyl (C=O) groups excluding carboxylic acids is 1. The second-order valence-electron chi connectivity index (χ2n) is 2.67. The van der Waals surface area contributed by atoms with E-state index in [0.29, 0.717) is 17.5 Å². The lowest BCUT2D eigenvalue weighted by Gasteiger charge is -2.07. The number of ether oxygens (including phenoxy) is 1. The van der Waals surface area contributed by atoms with Gasteiger partial charge in [-0.25, -0.2) is 4.79 Å². The molecule has 1 unspecified atom stereocenters. The first-order valence-corrected chi connectivity index (χ1v) is 5.41. The maximum absolute atomic E-state index is 11.5. The first-order valence-electron chi connectivity index (χ1n) is 4.43. The maximum Gasteiger partial charge on any atom is 0.358 e. The number of oxime groups is 1. The molecule has 0 saturated heterocycles. The Kier molecular flexibility index (Phi) is 4.41. The number of hydrogen-bond acceptors (Lipinski definition) is 7. The summed E-state index contributed by atoms with van der Waals surface area (Å²) in [7, 11) is 1.37. The lowest BCUT2D eigenvalue weighted by Crippen LogP contribution is -2.30. The summed E-state index contributed by atoms with van der Waals surface area (Å²) >= 11 is 1.38. The Morgan fingerprint density at radius 1 is 1.80 bits per heavy atom. The van der Waals surface area contributed by atoms with Crippen LogP contribution in [0.15, 0.2) is 10.1 Å². The van der Waals surface area contributed by atoms with Gasteiger partial charge >= 0.3 is 5.97 Å². The molecule has 84 valence electrons. The van der Waals surface area contributed by atoms with Gasteiger partial charge in [0.15, 0.2) is 10.9 Å². The Bertz CT molecular complexity index is 304. The molecule has 0 aromatic carbocycles. The molecule has 1 aliphatic heterocycles. The predicted molar refractivity (Wildman–Crippen MR) is 58.9 cm³/mol. The summed E-state index contributed by atoms with van der Waals surface area (Å²) in [6, 6.07) is -0.367. The SMILES string of the molecule is CCOC(=O)/C(=N\OC)C1CSC(N)=N1. The third-order valence-corrected chi connectivity index (χ3v) is 2.55. The molecular formula is C8H13N3O3S. The number of aliphatic imine (C=N–C) groups is 1. The molecule has 7 heteroatoms. The molecule has 0 saturated carbocycles. The number of carbonyl (C=O) groups is 1. The average Bonchev–Trinajstić information content (AvgIpc) is 2.61. The van der Waals surface area contributed by atoms with Gasteiger partial charge in [0, 0.05) is 5.75 Å². The number of rotatable bonds is 4. The number of amidine groups is 1. The first kappa shape index (κ1) is 11.8. The highest BCUT2D eigenvalue weighted by Gasteiger charge is 2.29. The Labute approximate surface area is 91.9 Å². The van der Waals surface area contributed by atoms with Crippen LogP contribution >= 0.6 is 11.8 Å². The minimum absolute atomic E-state index is 0.160. The molecule has 0 radical (unpaired) electrons. The molecule has 1 rings (SSSR count). The highest BCUT2D eigenvalue weighted by atomic mass is 32.2. The van der Waals surface area contributed by atoms with Gasteiger partial charge in [0.25, 0.3) is 0 Å². The zero-order valence-corrected chi connectivity index (χ0v) is 9.41. The molecule has 0 aliphatic carbocycles. The van der Waals surface area contributed by atoms with Crippen molar-refractivity contribution >= 4 is 28.6 Å². The minimum Gasteiger partial charge on any atom is -0.461 e. The molecule has 2 N–H and O–H groups in total. The second kappa shape index (κ2) is 5.59. The van der Waals surface area contributed by atoms with Crippen LogP contribution in [0.3, 0.4) is 0 Å². The topological polar surface area (TPSA) is 86.3 Å². The molecule has 6 nitrogen and oxygen atoms in total. The highest BCUT2D eigenvalue weighted by molar-refractivity contribution is 8.14. The summed E-state index contributed by atoms with van der Waals surface area (Å²) in [5.74, 6) is 0.0794. The number of thioether (sulfide) groups is 1. The van der Waals surface area contributed by atoms with E-state index >= 15 is 0 Å². The molecule has 0 amide bonds. The van der Waals surface area contributed by atoms with Gasteiger partial charge in [-0.3, -0.25) is 4.99 Å². The smallest absolute Gasteiger partial charge is 0.358 e. The summed E-state index contributed by atoms with van der Waals surface area (Å²) in [6.45, 7) is 2.02. The van der Waals surface area contributed by atoms with E-state index in [4.69, 9.17) is 10.5 Å². The monoisotopic (exact) mass is 231 g/mol. The lowest BCUT2D eigenvalue weighted by molar-refractivity contribution is -0.135. The van der Waals surface area contributed by atoms with Crippen LogP contribution in [0.5, 0.6) is 0 Å². The highest BCUT2D eigenvalue weighted by Crippen LogP contribution is 2.16. The van der Waals surface area contributed by atoms with Gasteiger partial charge in [0.1, 0.15) is 13.2 Å². The summed E-state index contributed by atoms with van der Waals surface area (Å²) in [6.07, 6.45) is 0. The van der Waals surface area contributed by atoms with Gasteiger partial charge < -0.3 is 15.3 Å². The predicted octanol–water partition coefficient (Wildman–Crippen LogP) is -0.0180. The van der Waals surface area contributed by atoms with Crippen molar-refractivity contribution in [2.24, 2.45) is 15.9 Å². The summed E-state index contributed by atoms with van der Waals surface area (Å²) in [4.78, 5) is 20.1. The Morgan fingerprint density at radius 3 is 3.00 bits per heavy atom. The van der Waals surface area contributed by atoms with Gasteiger partial charge in [-0.2, -0.15) is 0 Å². The molecule has 0 spiro atoms. The van der Waals surface area contributed by atoms with E-state index in [-0.39, 0.29) is 11.8 Å². The normalized spacial score (nSPS) is 21.1. The second-order valence-corrected chi connectivity index (χ2v) is 3.71. The number of nitrogens with two attached hydrogens (primary N) is 1. The summed E-state index contributed by atoms with van der Waals surface area (Å²) in [5.41, 5.74) is 5.66. The largest absolute Gasteiger partial charge is 0.461 e. The zero-order valence-electron chi connectivity index (χ0n) is 8.60. The average molecular weight is 231 g/mol. The van der Waals surface area contributed by atoms with Crippen molar-refractivity contribution in [2.45, 2.75) is 13.0 Å². The van der Waals surface area contributed by atoms with Gasteiger partial charge in [0.05, 0.1) is 6.61 Å². The molecule has 1 atom stereocenters. The van der Waals surface area contributed by atoms with Crippen LogP contribution in [0.25, 0.3) is 0 Å². The molecule has 0 aromatic rings. The van der Waals surface area contributed by atoms with Crippen molar-refractivity contribution in [3.8, 4) is 0 Å². The standard InChI is InChI=1S/C8H13N3O3S/c1-3-14-7(12)6(11-13-2)5-4-15-8(9)10-5/h5H,3-4H2,1-2H3,(H2,9,10)/b11-6-. The van der Waals surface area contributed by atoms with E-state index in [1.165, 1.54) is 18.9 Å². The van der Waals surface area contributed by atoms with Crippen molar-refractivity contribution < 1.29 is 14.4 Å². The number of nitrogens with zero attached hydrogens (tertiary/aromatic N) is 2. The fraction of sp³-hybridized carbons (Fsp3) is 0.625. The van der Waals surface area contributed by atoms with Gasteiger partial charge in [-0.15, -0.1) is 0 Å². The van der Waals surface area contributed by atoms with E-state index in [9.17, 15) is 4.79 Å². The van der Waals surface area contributed by atoms with Crippen molar-refractivity contribution in [1.82, 2.24) is 0 Å². The molecule has 0 fully saturated rings. The Hall–Kier alpha value is -1.24. The van der Waals surface area contributed by atoms with Gasteiger partial charge in [-0.1, -0.05) is 16.9 Å². The van der Waals surface area contributed by atoms with Crippen molar-refractivity contribution in [3.05, 3.63) is 0 Å². The van der Waals surface area contributed by atoms with Gasteiger partial charge in [0.2, 0.25) is 0 Å². The van der Waals surface area contributed by atoms with Crippen LogP contribution in [0.2, 0.25) is 0 Å². The van der Waals surface area contributed by atoms with Crippen molar-refractivity contribution in [3.63, 3.8) is 0 Å². The van der Waals surface area contributed by atoms with Crippen LogP contribution in [-0.4, -0.2) is 42.4 Å². The molecule has 1 heterocycles. The molecular weight excluding hydrogens is 218 g/mol. The molecule has 0 aromatic heterocycles. The minimum atomic E-state index is -0.511. The van der Waals surface area contributed by atoms with Crippen LogP contribution < -0.4 is 5.73 Å². The van der Waals surface area contributed by atoms with Gasteiger partial charge in [-0.05, 0) is 6.92 Å². The van der Waals surface area contributed by atoms with Crippen LogP contribution in [0, 0.1) is 0 Å². The Balaban J connectivity index is 2.75. The van der Waals surface area contributed by atoms with Crippen LogP contribution in [-0.2, 0) is 14.4 Å². The summed E-state index contributed by atoms with van der Waals surface area (Å²) in [5, 5.41) is 4.08. The third kappa shape index (κ3) is 3.12. The molecule has 1 aliphatic rings. The van der Waals surface area contributed by atoms with E-state index < -0.39 is 5.97 Å². The fourth-order valence-electron chi connectivity index (χ4n) is 1.07. The fourth-order valence-corrected chi connectivity index (χ4v) is 1.83. The van der Waals surface area contributed by atoms with E-state index in [2.05, 4.69) is 15.0 Å². The van der Waals surface area contributed by atoms with E-state index in [1.54, 1.807) is 6.92 Å². The van der Waals surface area contributed by atoms with Crippen molar-refractivity contribution in [1.29, 1.82) is 0 Å². The Morgan fingerprint density at radius 2 is 2.53 bits per heavy atom. The third-order valence-electron chi connectivity index (χ3n) is 1.66. The van der Waals surface area contributed by atoms with Crippen molar-refractivity contribution in [2.75, 3.05) is 19.5 Å². The van der Waals surface area contributed by atoms with E-state index in [1.807, 2.05) is 0 Å². The zero-order chi connectivity index (χ0) is 11.3. The van der Waals surface area contributed by atoms with E-state index in [0.717, 1.165) is 0 Å². The molecule has 0 bridgehead atoms. The maximum atomic E-state index is 11.5. The lowest BCUT2D eigenvalue weighted by atomic mass is 10.2. The number of esters is 1. The first-order chi connectivity index (χ1) is 7.19. The summed E-state index contributed by atoms with van der Waals surface area (Å²) < 4.78 is 4.84. The number of hydrogen-bond donors (Lipinski definition) is 1. The van der Waals surface area contributed by atoms with Crippen LogP contribution in [0.1, 0.15) is 6.92 Å². The molecule has 15 heavy (non-hydrogen) atoms. The van der Waals surface area contributed by atoms with Crippen LogP contribution in [0.4, 0.5) is 0 Å². The quantitative estimate of drug-likeness (QED) is 0.417.